The highest BCUT2D eigenvalue weighted by Crippen LogP contribution is 2.42. The molecule has 0 aliphatic heterocycles. The average molecular weight is 557 g/mol. The van der Waals surface area contributed by atoms with Crippen molar-refractivity contribution < 1.29 is 0 Å². The van der Waals surface area contributed by atoms with Gasteiger partial charge in [0, 0.05) is 59.9 Å². The molecule has 180 valence electrons. The van der Waals surface area contributed by atoms with Gasteiger partial charge in [-0.1, -0.05) is 60.7 Å². The van der Waals surface area contributed by atoms with Crippen LogP contribution in [0.4, 0.5) is 0 Å². The molecule has 8 aromatic rings. The molecule has 0 aliphatic rings. The van der Waals surface area contributed by atoms with Crippen LogP contribution in [-0.4, -0.2) is 0 Å². The summed E-state index contributed by atoms with van der Waals surface area (Å²) >= 11 is 7.50. The zero-order chi connectivity index (χ0) is 25.1. The molecule has 8 rings (SSSR count). The predicted octanol–water partition coefficient (Wildman–Crippen LogP) is 12.0. The molecule has 4 aromatic carbocycles. The Kier molecular flexibility index (Phi) is 5.34. The van der Waals surface area contributed by atoms with E-state index in [-0.39, 0.29) is 0 Å². The minimum atomic E-state index is 1.29. The summed E-state index contributed by atoms with van der Waals surface area (Å²) < 4.78 is 5.39. The number of hydrogen-bond acceptors (Lipinski definition) is 4. The number of thiophene rings is 4. The van der Waals surface area contributed by atoms with Gasteiger partial charge in [-0.3, -0.25) is 0 Å². The lowest BCUT2D eigenvalue weighted by atomic mass is 10.1. The van der Waals surface area contributed by atoms with Crippen molar-refractivity contribution in [2.45, 2.75) is 0 Å². The maximum atomic E-state index is 2.36. The molecular formula is C34H20S4. The predicted molar refractivity (Wildman–Crippen MR) is 174 cm³/mol. The van der Waals surface area contributed by atoms with E-state index >= 15 is 0 Å². The van der Waals surface area contributed by atoms with Crippen LogP contribution in [0.3, 0.4) is 0 Å². The van der Waals surface area contributed by atoms with E-state index in [4.69, 9.17) is 0 Å². The number of benzene rings is 4. The van der Waals surface area contributed by atoms with E-state index in [9.17, 15) is 0 Å². The maximum Gasteiger partial charge on any atom is 0.0356 e. The molecule has 0 radical (unpaired) electrons. The molecule has 0 nitrogen and oxygen atoms in total. The number of hydrogen-bond donors (Lipinski definition) is 0. The Morgan fingerprint density at radius 3 is 1.16 bits per heavy atom. The van der Waals surface area contributed by atoms with Crippen molar-refractivity contribution in [3.8, 4) is 20.9 Å². The smallest absolute Gasteiger partial charge is 0.0356 e. The van der Waals surface area contributed by atoms with E-state index in [1.807, 2.05) is 45.3 Å². The van der Waals surface area contributed by atoms with Crippen molar-refractivity contribution in [2.75, 3.05) is 0 Å². The fraction of sp³-hybridized carbons (Fsp3) is 0. The van der Waals surface area contributed by atoms with Gasteiger partial charge >= 0.3 is 0 Å². The first kappa shape index (κ1) is 22.4. The first-order valence-corrected chi connectivity index (χ1v) is 15.8. The van der Waals surface area contributed by atoms with Gasteiger partial charge in [-0.2, -0.15) is 0 Å². The number of fused-ring (bicyclic) bond motifs is 6. The molecule has 38 heavy (non-hydrogen) atoms. The van der Waals surface area contributed by atoms with E-state index < -0.39 is 0 Å². The van der Waals surface area contributed by atoms with Gasteiger partial charge in [0.25, 0.3) is 0 Å². The molecule has 0 spiro atoms. The van der Waals surface area contributed by atoms with Crippen LogP contribution in [0.25, 0.3) is 73.4 Å². The summed E-state index contributed by atoms with van der Waals surface area (Å²) in [5.74, 6) is 0. The highest BCUT2D eigenvalue weighted by atomic mass is 32.1. The maximum absolute atomic E-state index is 2.36. The monoisotopic (exact) mass is 556 g/mol. The zero-order valence-corrected chi connectivity index (χ0v) is 23.4. The van der Waals surface area contributed by atoms with Crippen LogP contribution in [-0.2, 0) is 0 Å². The fourth-order valence-corrected chi connectivity index (χ4v) is 9.25. The van der Waals surface area contributed by atoms with Gasteiger partial charge in [0.15, 0.2) is 0 Å². The Hall–Kier alpha value is -3.54. The molecule has 0 aliphatic carbocycles. The Balaban J connectivity index is 1.15. The van der Waals surface area contributed by atoms with Gasteiger partial charge in [-0.25, -0.2) is 0 Å². The lowest BCUT2D eigenvalue weighted by molar-refractivity contribution is 1.70. The lowest BCUT2D eigenvalue weighted by Gasteiger charge is -1.93. The second-order valence-electron chi connectivity index (χ2n) is 9.36. The Morgan fingerprint density at radius 2 is 0.737 bits per heavy atom. The van der Waals surface area contributed by atoms with Crippen LogP contribution in [0.15, 0.2) is 109 Å². The molecule has 0 amide bonds. The topological polar surface area (TPSA) is 0 Å². The molecule has 0 N–H and O–H groups in total. The van der Waals surface area contributed by atoms with Gasteiger partial charge in [-0.05, 0) is 71.8 Å². The van der Waals surface area contributed by atoms with E-state index in [0.29, 0.717) is 0 Å². The van der Waals surface area contributed by atoms with Crippen LogP contribution in [0.2, 0.25) is 0 Å². The van der Waals surface area contributed by atoms with Crippen LogP contribution >= 0.6 is 45.3 Å². The van der Waals surface area contributed by atoms with Crippen molar-refractivity contribution >= 4 is 97.8 Å². The van der Waals surface area contributed by atoms with Crippen molar-refractivity contribution in [1.82, 2.24) is 0 Å². The Labute approximate surface area is 236 Å². The van der Waals surface area contributed by atoms with Crippen molar-refractivity contribution in [3.05, 3.63) is 119 Å². The minimum absolute atomic E-state index is 1.29. The van der Waals surface area contributed by atoms with Crippen molar-refractivity contribution in [3.63, 3.8) is 0 Å². The molecule has 0 atom stereocenters. The largest absolute Gasteiger partial charge is 0.136 e. The first-order valence-electron chi connectivity index (χ1n) is 12.5. The highest BCUT2D eigenvalue weighted by molar-refractivity contribution is 7.24. The molecule has 0 saturated carbocycles. The summed E-state index contributed by atoms with van der Waals surface area (Å²) in [6, 6.07) is 39.9. The van der Waals surface area contributed by atoms with Crippen molar-refractivity contribution in [2.24, 2.45) is 0 Å². The average Bonchev–Trinajstić information content (AvgIpc) is 3.75. The zero-order valence-electron chi connectivity index (χ0n) is 20.2. The van der Waals surface area contributed by atoms with E-state index in [0.717, 1.165) is 0 Å². The third kappa shape index (κ3) is 3.84. The minimum Gasteiger partial charge on any atom is -0.136 e. The second kappa shape index (κ2) is 9.04. The van der Waals surface area contributed by atoms with Crippen LogP contribution in [0.1, 0.15) is 9.75 Å². The first-order chi connectivity index (χ1) is 18.8. The van der Waals surface area contributed by atoms with E-state index in [1.54, 1.807) is 0 Å². The quantitative estimate of drug-likeness (QED) is 0.202. The Morgan fingerprint density at radius 1 is 0.368 bits per heavy atom. The summed E-state index contributed by atoms with van der Waals surface area (Å²) in [6.07, 6.45) is 4.57. The Bertz CT molecular complexity index is 1960. The lowest BCUT2D eigenvalue weighted by Crippen LogP contribution is -1.68. The van der Waals surface area contributed by atoms with Gasteiger partial charge < -0.3 is 0 Å². The molecule has 4 aromatic heterocycles. The van der Waals surface area contributed by atoms with Gasteiger partial charge in [0.1, 0.15) is 0 Å². The molecule has 0 unspecified atom stereocenters. The third-order valence-corrected chi connectivity index (χ3v) is 11.4. The van der Waals surface area contributed by atoms with Crippen LogP contribution < -0.4 is 0 Å². The summed E-state index contributed by atoms with van der Waals surface area (Å²) in [4.78, 5) is 5.25. The van der Waals surface area contributed by atoms with Gasteiger partial charge in [0.05, 0.1) is 0 Å². The molecule has 0 bridgehead atoms. The summed E-state index contributed by atoms with van der Waals surface area (Å²) in [6.45, 7) is 0. The van der Waals surface area contributed by atoms with Gasteiger partial charge in [-0.15, -0.1) is 45.3 Å². The van der Waals surface area contributed by atoms with E-state index in [2.05, 4.69) is 121 Å². The molecular weight excluding hydrogens is 537 g/mol. The summed E-state index contributed by atoms with van der Waals surface area (Å²) in [5, 5.41) is 5.43. The molecule has 4 heteroatoms. The highest BCUT2D eigenvalue weighted by Gasteiger charge is 2.11. The molecule has 0 fully saturated rings. The van der Waals surface area contributed by atoms with Gasteiger partial charge in [0.2, 0.25) is 0 Å². The van der Waals surface area contributed by atoms with Crippen molar-refractivity contribution in [1.29, 1.82) is 0 Å². The fourth-order valence-electron chi connectivity index (χ4n) is 5.12. The second-order valence-corrected chi connectivity index (χ2v) is 13.8. The summed E-state index contributed by atoms with van der Waals surface area (Å²) in [5.41, 5.74) is 2.58. The summed E-state index contributed by atoms with van der Waals surface area (Å²) in [7, 11) is 0. The molecule has 0 saturated heterocycles. The van der Waals surface area contributed by atoms with E-state index in [1.165, 1.54) is 71.0 Å². The van der Waals surface area contributed by atoms with Crippen LogP contribution in [0.5, 0.6) is 0 Å². The van der Waals surface area contributed by atoms with Crippen LogP contribution in [0, 0.1) is 0 Å². The SMILES string of the molecule is C(=C\c1cc2c(ccc3sc(-c4ccccc4)cc32)s1)/c1cc2c(ccc3sc(-c4ccccc4)cc32)s1. The normalized spacial score (nSPS) is 12.1. The molecule has 4 heterocycles. The standard InChI is InChI=1S/C34H20S4/c1-3-7-21(8-4-1)33-19-27-25-17-23(35-29(25)13-15-31(27)37-33)11-12-24-18-26-28-20-34(22-9-5-2-6-10-22)38-32(28)16-14-30(26)36-24/h1-20H/b12-11+. The third-order valence-electron chi connectivity index (χ3n) is 6.96. The number of rotatable bonds is 4.